The maximum absolute atomic E-state index is 13.4. The lowest BCUT2D eigenvalue weighted by atomic mass is 10.1. The van der Waals surface area contributed by atoms with Crippen LogP contribution in [0.15, 0.2) is 41.6 Å². The Bertz CT molecular complexity index is 1350. The summed E-state index contributed by atoms with van der Waals surface area (Å²) >= 11 is 11.9. The molecule has 1 aromatic carbocycles. The van der Waals surface area contributed by atoms with Crippen molar-refractivity contribution in [2.24, 2.45) is 0 Å². The van der Waals surface area contributed by atoms with Gasteiger partial charge in [0.2, 0.25) is 20.0 Å². The SMILES string of the molecule is O=S(=O)(CCCC1CCCN1S(=O)(=O)c1c(Cl)cc(C(F)(F)F)cc1Cl)N1CCC(Oc2ccncc2)CC1. The number of halogens is 5. The van der Waals surface area contributed by atoms with Gasteiger partial charge in [-0.1, -0.05) is 23.2 Å². The van der Waals surface area contributed by atoms with Crippen molar-refractivity contribution in [1.29, 1.82) is 0 Å². The van der Waals surface area contributed by atoms with Gasteiger partial charge in [0.15, 0.2) is 0 Å². The molecule has 15 heteroatoms. The number of nitrogens with zero attached hydrogens (tertiary/aromatic N) is 3. The van der Waals surface area contributed by atoms with Crippen LogP contribution in [0, 0.1) is 0 Å². The zero-order chi connectivity index (χ0) is 28.4. The van der Waals surface area contributed by atoms with Crippen LogP contribution in [0.4, 0.5) is 13.2 Å². The number of piperidine rings is 1. The number of aromatic nitrogens is 1. The maximum atomic E-state index is 13.4. The van der Waals surface area contributed by atoms with Crippen LogP contribution >= 0.6 is 23.2 Å². The predicted octanol–water partition coefficient (Wildman–Crippen LogP) is 5.21. The molecule has 39 heavy (non-hydrogen) atoms. The average molecular weight is 631 g/mol. The minimum Gasteiger partial charge on any atom is -0.490 e. The summed E-state index contributed by atoms with van der Waals surface area (Å²) in [6.07, 6.45) is 1.02. The van der Waals surface area contributed by atoms with Crippen LogP contribution in [0.5, 0.6) is 5.75 Å². The van der Waals surface area contributed by atoms with E-state index in [2.05, 4.69) is 4.98 Å². The molecule has 1 aromatic heterocycles. The van der Waals surface area contributed by atoms with Crippen LogP contribution < -0.4 is 4.74 Å². The zero-order valence-corrected chi connectivity index (χ0v) is 23.9. The molecule has 2 fully saturated rings. The Kier molecular flexibility index (Phi) is 9.39. The van der Waals surface area contributed by atoms with E-state index in [1.54, 1.807) is 24.5 Å². The van der Waals surface area contributed by atoms with E-state index in [4.69, 9.17) is 27.9 Å². The molecule has 2 aliphatic heterocycles. The number of hydrogen-bond donors (Lipinski definition) is 0. The quantitative estimate of drug-likeness (QED) is 0.378. The molecular formula is C24H28Cl2F3N3O5S2. The molecule has 4 rings (SSSR count). The first kappa shape index (κ1) is 30.3. The summed E-state index contributed by atoms with van der Waals surface area (Å²) in [5.41, 5.74) is -1.15. The Hall–Kier alpha value is -1.64. The first-order chi connectivity index (χ1) is 18.3. The Balaban J connectivity index is 1.34. The van der Waals surface area contributed by atoms with Gasteiger partial charge in [-0.15, -0.1) is 0 Å². The van der Waals surface area contributed by atoms with Crippen molar-refractivity contribution < 1.29 is 34.7 Å². The molecule has 1 unspecified atom stereocenters. The highest BCUT2D eigenvalue weighted by Crippen LogP contribution is 2.40. The van der Waals surface area contributed by atoms with Crippen molar-refractivity contribution in [3.05, 3.63) is 52.3 Å². The van der Waals surface area contributed by atoms with Crippen molar-refractivity contribution in [2.75, 3.05) is 25.4 Å². The van der Waals surface area contributed by atoms with Gasteiger partial charge < -0.3 is 4.74 Å². The number of rotatable bonds is 9. The summed E-state index contributed by atoms with van der Waals surface area (Å²) in [5.74, 6) is 0.538. The van der Waals surface area contributed by atoms with Crippen molar-refractivity contribution in [2.45, 2.75) is 61.7 Å². The molecule has 2 aliphatic rings. The van der Waals surface area contributed by atoms with Crippen molar-refractivity contribution in [3.8, 4) is 5.75 Å². The van der Waals surface area contributed by atoms with E-state index < -0.39 is 52.8 Å². The van der Waals surface area contributed by atoms with Crippen LogP contribution in [0.25, 0.3) is 0 Å². The van der Waals surface area contributed by atoms with E-state index >= 15 is 0 Å². The molecule has 3 heterocycles. The molecule has 2 saturated heterocycles. The number of ether oxygens (including phenoxy) is 1. The van der Waals surface area contributed by atoms with Gasteiger partial charge in [-0.2, -0.15) is 17.5 Å². The summed E-state index contributed by atoms with van der Waals surface area (Å²) in [6.45, 7) is 0.790. The lowest BCUT2D eigenvalue weighted by molar-refractivity contribution is -0.137. The monoisotopic (exact) mass is 629 g/mol. The average Bonchev–Trinajstić information content (AvgIpc) is 3.33. The second kappa shape index (κ2) is 12.1. The molecule has 8 nitrogen and oxygen atoms in total. The maximum Gasteiger partial charge on any atom is 0.416 e. The van der Waals surface area contributed by atoms with E-state index in [-0.39, 0.29) is 31.2 Å². The topological polar surface area (TPSA) is 96.9 Å². The second-order valence-corrected chi connectivity index (χ2v) is 14.3. The number of alkyl halides is 3. The Morgan fingerprint density at radius 3 is 2.18 bits per heavy atom. The fourth-order valence-electron chi connectivity index (χ4n) is 4.97. The minimum atomic E-state index is -4.74. The van der Waals surface area contributed by atoms with Crippen LogP contribution in [0.2, 0.25) is 10.0 Å². The van der Waals surface area contributed by atoms with E-state index in [1.807, 2.05) is 0 Å². The molecule has 0 bridgehead atoms. The zero-order valence-electron chi connectivity index (χ0n) is 20.8. The highest BCUT2D eigenvalue weighted by Gasteiger charge is 2.40. The highest BCUT2D eigenvalue weighted by atomic mass is 35.5. The van der Waals surface area contributed by atoms with Gasteiger partial charge in [-0.25, -0.2) is 21.1 Å². The molecule has 0 radical (unpaired) electrons. The smallest absolute Gasteiger partial charge is 0.416 e. The summed E-state index contributed by atoms with van der Waals surface area (Å²) in [7, 11) is -7.86. The molecule has 0 aliphatic carbocycles. The summed E-state index contributed by atoms with van der Waals surface area (Å²) in [6, 6.07) is 4.07. The Morgan fingerprint density at radius 2 is 1.59 bits per heavy atom. The molecular weight excluding hydrogens is 602 g/mol. The molecule has 0 amide bonds. The van der Waals surface area contributed by atoms with Gasteiger partial charge in [0.05, 0.1) is 21.4 Å². The van der Waals surface area contributed by atoms with Crippen LogP contribution in [0.3, 0.4) is 0 Å². The van der Waals surface area contributed by atoms with E-state index in [0.717, 1.165) is 0 Å². The standard InChI is InChI=1S/C24H28Cl2F3N3O5S2/c25-21-15-17(24(27,28)29)16-22(26)23(21)39(35,36)32-11-1-3-18(32)4-2-14-38(33,34)31-12-7-20(8-13-31)37-19-5-9-30-10-6-19/h5-6,9-10,15-16,18,20H,1-4,7-8,11-14H2. The van der Waals surface area contributed by atoms with Crippen molar-refractivity contribution in [1.82, 2.24) is 13.6 Å². The van der Waals surface area contributed by atoms with E-state index in [9.17, 15) is 30.0 Å². The van der Waals surface area contributed by atoms with Gasteiger partial charge in [-0.3, -0.25) is 4.98 Å². The van der Waals surface area contributed by atoms with Crippen LogP contribution in [0.1, 0.15) is 44.1 Å². The first-order valence-corrected chi connectivity index (χ1v) is 16.2. The third kappa shape index (κ3) is 7.17. The molecule has 1 atom stereocenters. The number of pyridine rings is 1. The first-order valence-electron chi connectivity index (χ1n) is 12.4. The van der Waals surface area contributed by atoms with Crippen LogP contribution in [-0.2, 0) is 26.2 Å². The van der Waals surface area contributed by atoms with Gasteiger partial charge in [-0.05, 0) is 62.8 Å². The molecule has 216 valence electrons. The third-order valence-corrected chi connectivity index (χ3v) is 11.7. The molecule has 2 aromatic rings. The van der Waals surface area contributed by atoms with Gasteiger partial charge in [0.25, 0.3) is 0 Å². The third-order valence-electron chi connectivity index (χ3n) is 6.90. The fraction of sp³-hybridized carbons (Fsp3) is 0.542. The lowest BCUT2D eigenvalue weighted by Gasteiger charge is -2.31. The Morgan fingerprint density at radius 1 is 0.974 bits per heavy atom. The largest absolute Gasteiger partial charge is 0.490 e. The second-order valence-electron chi connectivity index (χ2n) is 9.54. The summed E-state index contributed by atoms with van der Waals surface area (Å²) in [5, 5.41) is -1.22. The summed E-state index contributed by atoms with van der Waals surface area (Å²) in [4.78, 5) is 3.37. The number of hydrogen-bond acceptors (Lipinski definition) is 6. The van der Waals surface area contributed by atoms with Gasteiger partial charge in [0, 0.05) is 38.1 Å². The Labute approximate surface area is 236 Å². The molecule has 0 N–H and O–H groups in total. The van der Waals surface area contributed by atoms with Crippen LogP contribution in [-0.4, -0.2) is 68.0 Å². The normalized spacial score (nSPS) is 20.4. The highest BCUT2D eigenvalue weighted by molar-refractivity contribution is 7.89. The van der Waals surface area contributed by atoms with Gasteiger partial charge >= 0.3 is 6.18 Å². The predicted molar refractivity (Wildman–Crippen MR) is 141 cm³/mol. The minimum absolute atomic E-state index is 0.0973. The summed E-state index contributed by atoms with van der Waals surface area (Å²) < 4.78 is 100. The number of benzene rings is 1. The lowest BCUT2D eigenvalue weighted by Crippen LogP contribution is -2.43. The van der Waals surface area contributed by atoms with Crippen molar-refractivity contribution in [3.63, 3.8) is 0 Å². The van der Waals surface area contributed by atoms with Crippen molar-refractivity contribution >= 4 is 43.2 Å². The van der Waals surface area contributed by atoms with Gasteiger partial charge in [0.1, 0.15) is 16.7 Å². The number of sulfonamides is 2. The fourth-order valence-corrected chi connectivity index (χ4v) is 9.42. The van der Waals surface area contributed by atoms with E-state index in [0.29, 0.717) is 56.7 Å². The molecule has 0 saturated carbocycles. The van der Waals surface area contributed by atoms with E-state index in [1.165, 1.54) is 8.61 Å². The molecule has 0 spiro atoms.